The van der Waals surface area contributed by atoms with E-state index in [1.54, 1.807) is 17.4 Å². The van der Waals surface area contributed by atoms with Gasteiger partial charge in [-0.1, -0.05) is 45.0 Å². The van der Waals surface area contributed by atoms with Crippen LogP contribution in [0.4, 0.5) is 4.79 Å². The topological polar surface area (TPSA) is 51.9 Å². The Morgan fingerprint density at radius 3 is 2.37 bits per heavy atom. The van der Waals surface area contributed by atoms with E-state index in [1.807, 2.05) is 26.8 Å². The van der Waals surface area contributed by atoms with Crippen molar-refractivity contribution in [3.63, 3.8) is 0 Å². The second kappa shape index (κ2) is 8.84. The molecule has 5 nitrogen and oxygen atoms in total. The average Bonchev–Trinajstić information content (AvgIpc) is 3.19. The molecule has 5 heteroatoms. The highest BCUT2D eigenvalue weighted by Gasteiger charge is 2.35. The maximum Gasteiger partial charge on any atom is 0.410 e. The van der Waals surface area contributed by atoms with Gasteiger partial charge in [0.25, 0.3) is 0 Å². The van der Waals surface area contributed by atoms with E-state index in [0.29, 0.717) is 19.7 Å². The largest absolute Gasteiger partial charge is 0.472 e. The number of piperidine rings is 1. The van der Waals surface area contributed by atoms with Crippen molar-refractivity contribution < 1.29 is 18.7 Å². The standard InChI is InChI=1S/C25H35NO4/c1-24(2,3)20-9-7-18(8-10-20)16-29-22-15-26(23(27)30-25(4,5)6)13-11-21(22)19-12-14-28-17-19/h7-10,12,14,17,21-22H,11,13,15-16H2,1-6H3/t21-,22+/m1/s1. The zero-order valence-electron chi connectivity index (χ0n) is 19.1. The van der Waals surface area contributed by atoms with Crippen LogP contribution >= 0.6 is 0 Å². The summed E-state index contributed by atoms with van der Waals surface area (Å²) in [5.41, 5.74) is 3.17. The van der Waals surface area contributed by atoms with Crippen LogP contribution in [0.1, 0.15) is 70.6 Å². The average molecular weight is 414 g/mol. The number of likely N-dealkylation sites (tertiary alicyclic amines) is 1. The molecule has 1 fully saturated rings. The molecule has 1 aliphatic heterocycles. The van der Waals surface area contributed by atoms with E-state index in [2.05, 4.69) is 45.0 Å². The number of furan rings is 1. The van der Waals surface area contributed by atoms with E-state index < -0.39 is 5.60 Å². The monoisotopic (exact) mass is 413 g/mol. The summed E-state index contributed by atoms with van der Waals surface area (Å²) in [4.78, 5) is 14.3. The molecule has 3 rings (SSSR count). The molecule has 1 aromatic carbocycles. The number of hydrogen-bond donors (Lipinski definition) is 0. The molecular formula is C25H35NO4. The fraction of sp³-hybridized carbons (Fsp3) is 0.560. The van der Waals surface area contributed by atoms with Crippen LogP contribution in [-0.2, 0) is 21.5 Å². The van der Waals surface area contributed by atoms with Gasteiger partial charge in [-0.2, -0.15) is 0 Å². The van der Waals surface area contributed by atoms with Crippen LogP contribution < -0.4 is 0 Å². The van der Waals surface area contributed by atoms with Crippen LogP contribution in [-0.4, -0.2) is 35.8 Å². The molecule has 30 heavy (non-hydrogen) atoms. The second-order valence-corrected chi connectivity index (χ2v) is 10.2. The maximum absolute atomic E-state index is 12.6. The molecular weight excluding hydrogens is 378 g/mol. The van der Waals surface area contributed by atoms with Crippen LogP contribution in [0, 0.1) is 0 Å². The molecule has 2 heterocycles. The third-order valence-corrected chi connectivity index (χ3v) is 5.47. The number of amides is 1. The highest BCUT2D eigenvalue weighted by atomic mass is 16.6. The Morgan fingerprint density at radius 2 is 1.80 bits per heavy atom. The summed E-state index contributed by atoms with van der Waals surface area (Å²) in [6.45, 7) is 13.9. The number of benzene rings is 1. The smallest absolute Gasteiger partial charge is 0.410 e. The molecule has 2 aromatic rings. The minimum atomic E-state index is -0.510. The number of nitrogens with zero attached hydrogens (tertiary/aromatic N) is 1. The molecule has 0 unspecified atom stereocenters. The summed E-state index contributed by atoms with van der Waals surface area (Å²) in [5.74, 6) is 0.191. The highest BCUT2D eigenvalue weighted by molar-refractivity contribution is 5.68. The molecule has 1 saturated heterocycles. The second-order valence-electron chi connectivity index (χ2n) is 10.2. The Bertz CT molecular complexity index is 812. The van der Waals surface area contributed by atoms with E-state index in [0.717, 1.165) is 17.5 Å². The minimum absolute atomic E-state index is 0.119. The third kappa shape index (κ3) is 5.88. The van der Waals surface area contributed by atoms with Gasteiger partial charge in [0.2, 0.25) is 0 Å². The lowest BCUT2D eigenvalue weighted by Gasteiger charge is -2.38. The van der Waals surface area contributed by atoms with Gasteiger partial charge in [0.15, 0.2) is 0 Å². The van der Waals surface area contributed by atoms with Crippen LogP contribution in [0.15, 0.2) is 47.3 Å². The molecule has 0 aliphatic carbocycles. The first kappa shape index (κ1) is 22.4. The lowest BCUT2D eigenvalue weighted by molar-refractivity contribution is -0.0360. The van der Waals surface area contributed by atoms with Gasteiger partial charge >= 0.3 is 6.09 Å². The molecule has 1 amide bonds. The van der Waals surface area contributed by atoms with E-state index in [9.17, 15) is 4.79 Å². The van der Waals surface area contributed by atoms with Crippen LogP contribution in [0.2, 0.25) is 0 Å². The van der Waals surface area contributed by atoms with Crippen molar-refractivity contribution in [2.75, 3.05) is 13.1 Å². The number of ether oxygens (including phenoxy) is 2. The number of hydrogen-bond acceptors (Lipinski definition) is 4. The van der Waals surface area contributed by atoms with Crippen molar-refractivity contribution in [3.05, 3.63) is 59.5 Å². The Kier molecular flexibility index (Phi) is 6.61. The number of carbonyl (C=O) groups excluding carboxylic acids is 1. The Morgan fingerprint density at radius 1 is 1.10 bits per heavy atom. The highest BCUT2D eigenvalue weighted by Crippen LogP contribution is 2.32. The Hall–Kier alpha value is -2.27. The SMILES string of the molecule is CC(C)(C)OC(=O)N1CC[C@H](c2ccoc2)[C@@H](OCc2ccc(C(C)(C)C)cc2)C1. The van der Waals surface area contributed by atoms with Crippen molar-refractivity contribution >= 4 is 6.09 Å². The molecule has 0 saturated carbocycles. The van der Waals surface area contributed by atoms with Crippen molar-refractivity contribution in [2.45, 2.75) is 77.6 Å². The molecule has 164 valence electrons. The maximum atomic E-state index is 12.6. The van der Waals surface area contributed by atoms with Crippen LogP contribution in [0.5, 0.6) is 0 Å². The van der Waals surface area contributed by atoms with E-state index in [1.165, 1.54) is 5.56 Å². The van der Waals surface area contributed by atoms with Crippen molar-refractivity contribution in [1.29, 1.82) is 0 Å². The van der Waals surface area contributed by atoms with Crippen molar-refractivity contribution in [2.24, 2.45) is 0 Å². The molecule has 0 spiro atoms. The van der Waals surface area contributed by atoms with Crippen LogP contribution in [0.25, 0.3) is 0 Å². The van der Waals surface area contributed by atoms with Crippen molar-refractivity contribution in [1.82, 2.24) is 4.90 Å². The van der Waals surface area contributed by atoms with Gasteiger partial charge < -0.3 is 18.8 Å². The summed E-state index contributed by atoms with van der Waals surface area (Å²) in [7, 11) is 0. The molecule has 1 aromatic heterocycles. The number of carbonyl (C=O) groups is 1. The van der Waals surface area contributed by atoms with Gasteiger partial charge in [-0.25, -0.2) is 4.79 Å². The summed E-state index contributed by atoms with van der Waals surface area (Å²) in [5, 5.41) is 0. The molecule has 0 radical (unpaired) electrons. The van der Waals surface area contributed by atoms with E-state index in [4.69, 9.17) is 13.9 Å². The first-order chi connectivity index (χ1) is 14.0. The van der Waals surface area contributed by atoms with Crippen LogP contribution in [0.3, 0.4) is 0 Å². The number of rotatable bonds is 4. The molecule has 0 bridgehead atoms. The van der Waals surface area contributed by atoms with E-state index in [-0.39, 0.29) is 23.5 Å². The Balaban J connectivity index is 1.69. The summed E-state index contributed by atoms with van der Waals surface area (Å²) >= 11 is 0. The van der Waals surface area contributed by atoms with Gasteiger partial charge in [0.1, 0.15) is 5.60 Å². The quantitative estimate of drug-likeness (QED) is 0.627. The minimum Gasteiger partial charge on any atom is -0.472 e. The van der Waals surface area contributed by atoms with Crippen molar-refractivity contribution in [3.8, 4) is 0 Å². The fourth-order valence-electron chi connectivity index (χ4n) is 3.75. The van der Waals surface area contributed by atoms with Gasteiger partial charge in [-0.15, -0.1) is 0 Å². The van der Waals surface area contributed by atoms with Gasteiger partial charge in [-0.05, 0) is 55.4 Å². The first-order valence-corrected chi connectivity index (χ1v) is 10.7. The van der Waals surface area contributed by atoms with Gasteiger partial charge in [0, 0.05) is 12.5 Å². The molecule has 1 aliphatic rings. The summed E-state index contributed by atoms with van der Waals surface area (Å²) < 4.78 is 17.2. The summed E-state index contributed by atoms with van der Waals surface area (Å²) in [6, 6.07) is 10.6. The van der Waals surface area contributed by atoms with Gasteiger partial charge in [0.05, 0.1) is 31.8 Å². The molecule has 2 atom stereocenters. The summed E-state index contributed by atoms with van der Waals surface area (Å²) in [6.07, 6.45) is 3.88. The predicted molar refractivity (Wildman–Crippen MR) is 118 cm³/mol. The normalized spacial score (nSPS) is 20.3. The molecule has 0 N–H and O–H groups in total. The predicted octanol–water partition coefficient (Wildman–Crippen LogP) is 5.89. The fourth-order valence-corrected chi connectivity index (χ4v) is 3.75. The van der Waals surface area contributed by atoms with E-state index >= 15 is 0 Å². The lowest BCUT2D eigenvalue weighted by Crippen LogP contribution is -2.48. The Labute approximate surface area is 180 Å². The lowest BCUT2D eigenvalue weighted by atomic mass is 9.87. The third-order valence-electron chi connectivity index (χ3n) is 5.47. The van der Waals surface area contributed by atoms with Gasteiger partial charge in [-0.3, -0.25) is 0 Å². The zero-order valence-corrected chi connectivity index (χ0v) is 19.1. The first-order valence-electron chi connectivity index (χ1n) is 10.7. The zero-order chi connectivity index (χ0) is 21.9.